The smallest absolute Gasteiger partial charge is 0.294 e. The third kappa shape index (κ3) is 4.13. The molecule has 0 saturated carbocycles. The SMILES string of the molecule is COc1cccc(-c2nn(CC(=O)Nc3ccccc3OC)c(=O)c3nc(C)sc23)c1. The summed E-state index contributed by atoms with van der Waals surface area (Å²) in [6.45, 7) is 1.57. The van der Waals surface area contributed by atoms with Crippen LogP contribution in [0.3, 0.4) is 0 Å². The molecule has 0 radical (unpaired) electrons. The summed E-state index contributed by atoms with van der Waals surface area (Å²) in [6.07, 6.45) is 0. The Morgan fingerprint density at radius 1 is 1.13 bits per heavy atom. The highest BCUT2D eigenvalue weighted by Gasteiger charge is 2.18. The van der Waals surface area contributed by atoms with Crippen LogP contribution in [-0.2, 0) is 11.3 Å². The molecular formula is C22H20N4O4S. The van der Waals surface area contributed by atoms with Crippen molar-refractivity contribution < 1.29 is 14.3 Å². The number of thiazole rings is 1. The molecule has 9 heteroatoms. The number of ether oxygens (including phenoxy) is 2. The van der Waals surface area contributed by atoms with Crippen LogP contribution in [0, 0.1) is 6.92 Å². The van der Waals surface area contributed by atoms with E-state index < -0.39 is 11.5 Å². The second kappa shape index (κ2) is 8.57. The molecule has 4 aromatic rings. The molecule has 0 unspecified atom stereocenters. The van der Waals surface area contributed by atoms with E-state index >= 15 is 0 Å². The fraction of sp³-hybridized carbons (Fsp3) is 0.182. The van der Waals surface area contributed by atoms with E-state index in [0.29, 0.717) is 33.1 Å². The highest BCUT2D eigenvalue weighted by Crippen LogP contribution is 2.31. The second-order valence-corrected chi connectivity index (χ2v) is 7.91. The Balaban J connectivity index is 1.75. The second-order valence-electron chi connectivity index (χ2n) is 6.70. The molecule has 0 saturated heterocycles. The van der Waals surface area contributed by atoms with Gasteiger partial charge in [0.25, 0.3) is 5.56 Å². The fourth-order valence-electron chi connectivity index (χ4n) is 3.21. The topological polar surface area (TPSA) is 95.3 Å². The standard InChI is InChI=1S/C22H20N4O4S/c1-13-23-20-21(31-13)19(14-7-6-8-15(11-14)29-2)25-26(22(20)28)12-18(27)24-16-9-4-5-10-17(16)30-3/h4-11H,12H2,1-3H3,(H,24,27). The van der Waals surface area contributed by atoms with Crippen molar-refractivity contribution in [3.05, 3.63) is 63.9 Å². The summed E-state index contributed by atoms with van der Waals surface area (Å²) < 4.78 is 12.4. The number of nitrogens with one attached hydrogen (secondary N) is 1. The number of amides is 1. The van der Waals surface area contributed by atoms with Gasteiger partial charge in [0.2, 0.25) is 5.91 Å². The summed E-state index contributed by atoms with van der Waals surface area (Å²) in [7, 11) is 3.11. The molecule has 31 heavy (non-hydrogen) atoms. The maximum Gasteiger partial charge on any atom is 0.294 e. The first-order chi connectivity index (χ1) is 15.0. The zero-order valence-corrected chi connectivity index (χ0v) is 18.0. The minimum absolute atomic E-state index is 0.264. The highest BCUT2D eigenvalue weighted by atomic mass is 32.1. The first-order valence-electron chi connectivity index (χ1n) is 9.45. The van der Waals surface area contributed by atoms with Gasteiger partial charge in [-0.15, -0.1) is 11.3 Å². The number of rotatable bonds is 6. The molecule has 0 bridgehead atoms. The van der Waals surface area contributed by atoms with E-state index in [0.717, 1.165) is 15.3 Å². The van der Waals surface area contributed by atoms with Crippen molar-refractivity contribution in [2.75, 3.05) is 19.5 Å². The number of aromatic nitrogens is 3. The monoisotopic (exact) mass is 436 g/mol. The van der Waals surface area contributed by atoms with Crippen molar-refractivity contribution in [3.8, 4) is 22.8 Å². The van der Waals surface area contributed by atoms with Crippen molar-refractivity contribution >= 4 is 33.1 Å². The van der Waals surface area contributed by atoms with Gasteiger partial charge in [-0.1, -0.05) is 24.3 Å². The average Bonchev–Trinajstić information content (AvgIpc) is 3.18. The quantitative estimate of drug-likeness (QED) is 0.497. The lowest BCUT2D eigenvalue weighted by Crippen LogP contribution is -2.30. The minimum Gasteiger partial charge on any atom is -0.497 e. The zero-order valence-electron chi connectivity index (χ0n) is 17.2. The van der Waals surface area contributed by atoms with E-state index in [4.69, 9.17) is 9.47 Å². The van der Waals surface area contributed by atoms with Gasteiger partial charge >= 0.3 is 0 Å². The number of nitrogens with zero attached hydrogens (tertiary/aromatic N) is 3. The summed E-state index contributed by atoms with van der Waals surface area (Å²) in [5.74, 6) is 0.793. The van der Waals surface area contributed by atoms with Crippen LogP contribution in [0.25, 0.3) is 21.5 Å². The number of carbonyl (C=O) groups excluding carboxylic acids is 1. The molecular weight excluding hydrogens is 416 g/mol. The number of anilines is 1. The highest BCUT2D eigenvalue weighted by molar-refractivity contribution is 7.19. The Morgan fingerprint density at radius 2 is 1.94 bits per heavy atom. The lowest BCUT2D eigenvalue weighted by atomic mass is 10.1. The zero-order chi connectivity index (χ0) is 22.0. The summed E-state index contributed by atoms with van der Waals surface area (Å²) in [6, 6.07) is 14.4. The van der Waals surface area contributed by atoms with Crippen molar-refractivity contribution in [1.29, 1.82) is 0 Å². The average molecular weight is 436 g/mol. The Kier molecular flexibility index (Phi) is 5.68. The minimum atomic E-state index is -0.416. The number of hydrogen-bond acceptors (Lipinski definition) is 7. The van der Waals surface area contributed by atoms with Crippen LogP contribution < -0.4 is 20.3 Å². The van der Waals surface area contributed by atoms with E-state index in [1.165, 1.54) is 18.4 Å². The van der Waals surface area contributed by atoms with Crippen LogP contribution in [0.15, 0.2) is 53.3 Å². The van der Waals surface area contributed by atoms with Crippen molar-refractivity contribution in [3.63, 3.8) is 0 Å². The first kappa shape index (κ1) is 20.5. The number of carbonyl (C=O) groups is 1. The van der Waals surface area contributed by atoms with E-state index in [1.54, 1.807) is 31.4 Å². The molecule has 0 spiro atoms. The van der Waals surface area contributed by atoms with Crippen molar-refractivity contribution in [2.45, 2.75) is 13.5 Å². The summed E-state index contributed by atoms with van der Waals surface area (Å²) in [5.41, 5.74) is 1.74. The lowest BCUT2D eigenvalue weighted by molar-refractivity contribution is -0.117. The maximum atomic E-state index is 13.0. The van der Waals surface area contributed by atoms with Crippen LogP contribution in [0.1, 0.15) is 5.01 Å². The molecule has 1 amide bonds. The van der Waals surface area contributed by atoms with Gasteiger partial charge in [0.05, 0.1) is 29.6 Å². The largest absolute Gasteiger partial charge is 0.497 e. The molecule has 158 valence electrons. The summed E-state index contributed by atoms with van der Waals surface area (Å²) in [4.78, 5) is 30.0. The van der Waals surface area contributed by atoms with Gasteiger partial charge < -0.3 is 14.8 Å². The number of aryl methyl sites for hydroxylation is 1. The molecule has 2 aromatic carbocycles. The molecule has 0 atom stereocenters. The van der Waals surface area contributed by atoms with Gasteiger partial charge in [0, 0.05) is 5.56 Å². The van der Waals surface area contributed by atoms with Crippen molar-refractivity contribution in [1.82, 2.24) is 14.8 Å². The van der Waals surface area contributed by atoms with Gasteiger partial charge in [0.1, 0.15) is 23.7 Å². The number of methoxy groups -OCH3 is 2. The molecule has 4 rings (SSSR count). The summed E-state index contributed by atoms with van der Waals surface area (Å²) >= 11 is 1.39. The summed E-state index contributed by atoms with van der Waals surface area (Å²) in [5, 5.41) is 8.02. The molecule has 0 aliphatic rings. The molecule has 2 heterocycles. The molecule has 8 nitrogen and oxygen atoms in total. The number of benzene rings is 2. The molecule has 1 N–H and O–H groups in total. The molecule has 2 aromatic heterocycles. The van der Waals surface area contributed by atoms with Crippen LogP contribution in [0.2, 0.25) is 0 Å². The van der Waals surface area contributed by atoms with Gasteiger partial charge in [-0.3, -0.25) is 9.59 Å². The third-order valence-electron chi connectivity index (χ3n) is 4.62. The molecule has 0 aliphatic heterocycles. The lowest BCUT2D eigenvalue weighted by Gasteiger charge is -2.11. The van der Waals surface area contributed by atoms with Crippen molar-refractivity contribution in [2.24, 2.45) is 0 Å². The van der Waals surface area contributed by atoms with E-state index in [2.05, 4.69) is 15.4 Å². The Bertz CT molecular complexity index is 1330. The van der Waals surface area contributed by atoms with Crippen LogP contribution >= 0.6 is 11.3 Å². The normalized spacial score (nSPS) is 10.8. The van der Waals surface area contributed by atoms with Gasteiger partial charge in [-0.2, -0.15) is 5.10 Å². The number of para-hydroxylation sites is 2. The number of fused-ring (bicyclic) bond motifs is 1. The molecule has 0 fully saturated rings. The van der Waals surface area contributed by atoms with Crippen LogP contribution in [-0.4, -0.2) is 34.9 Å². The van der Waals surface area contributed by atoms with Gasteiger partial charge in [0.15, 0.2) is 5.52 Å². The molecule has 0 aliphatic carbocycles. The Morgan fingerprint density at radius 3 is 2.71 bits per heavy atom. The first-order valence-corrected chi connectivity index (χ1v) is 10.3. The third-order valence-corrected chi connectivity index (χ3v) is 5.60. The maximum absolute atomic E-state index is 13.0. The Hall–Kier alpha value is -3.72. The van der Waals surface area contributed by atoms with E-state index in [-0.39, 0.29) is 6.54 Å². The number of hydrogen-bond donors (Lipinski definition) is 1. The van der Waals surface area contributed by atoms with E-state index in [9.17, 15) is 9.59 Å². The van der Waals surface area contributed by atoms with Crippen LogP contribution in [0.4, 0.5) is 5.69 Å². The van der Waals surface area contributed by atoms with Gasteiger partial charge in [-0.05, 0) is 31.2 Å². The predicted molar refractivity (Wildman–Crippen MR) is 120 cm³/mol. The Labute approximate surface area is 182 Å². The van der Waals surface area contributed by atoms with Crippen LogP contribution in [0.5, 0.6) is 11.5 Å². The predicted octanol–water partition coefficient (Wildman–Crippen LogP) is 3.48. The van der Waals surface area contributed by atoms with E-state index in [1.807, 2.05) is 31.2 Å². The van der Waals surface area contributed by atoms with Gasteiger partial charge in [-0.25, -0.2) is 9.67 Å². The fourth-order valence-corrected chi connectivity index (χ4v) is 4.12.